The summed E-state index contributed by atoms with van der Waals surface area (Å²) in [6, 6.07) is 14.0. The van der Waals surface area contributed by atoms with Crippen LogP contribution in [0.3, 0.4) is 0 Å². The normalized spacial score (nSPS) is 13.2. The summed E-state index contributed by atoms with van der Waals surface area (Å²) < 4.78 is 13.0. The van der Waals surface area contributed by atoms with Crippen molar-refractivity contribution in [3.63, 3.8) is 0 Å². The third-order valence-corrected chi connectivity index (χ3v) is 6.97. The molecule has 4 aromatic rings. The van der Waals surface area contributed by atoms with Crippen LogP contribution in [0.15, 0.2) is 61.2 Å². The molecule has 1 amide bonds. The highest BCUT2D eigenvalue weighted by Gasteiger charge is 2.34. The van der Waals surface area contributed by atoms with Gasteiger partial charge < -0.3 is 24.8 Å². The van der Waals surface area contributed by atoms with Gasteiger partial charge in [-0.25, -0.2) is 9.67 Å². The van der Waals surface area contributed by atoms with Crippen LogP contribution in [0, 0.1) is 13.8 Å². The monoisotopic (exact) mass is 547 g/mol. The quantitative estimate of drug-likeness (QED) is 0.314. The van der Waals surface area contributed by atoms with Crippen molar-refractivity contribution in [2.24, 2.45) is 0 Å². The molecule has 0 fully saturated rings. The standard InChI is InChI=1S/C29H30ClN5O4/c1-18-10-19(2)24-6-7-34(26(24)11-18)29(37)28(25-5-4-20(30)12-27(25)39-9-8-36)33-21-13-22(15-23(14-21)38-3)35-17-31-16-32-35/h4-5,10-17,28,33,36H,6-9H2,1-3H3. The number of aryl methyl sites for hydroxylation is 2. The average molecular weight is 548 g/mol. The van der Waals surface area contributed by atoms with Crippen LogP contribution in [0.4, 0.5) is 11.4 Å². The van der Waals surface area contributed by atoms with E-state index >= 15 is 0 Å². The molecule has 2 heterocycles. The number of hydrogen-bond acceptors (Lipinski definition) is 7. The first-order valence-corrected chi connectivity index (χ1v) is 13.0. The maximum Gasteiger partial charge on any atom is 0.254 e. The van der Waals surface area contributed by atoms with Crippen LogP contribution in [0.25, 0.3) is 5.69 Å². The molecule has 1 aliphatic rings. The van der Waals surface area contributed by atoms with Gasteiger partial charge in [-0.3, -0.25) is 4.79 Å². The lowest BCUT2D eigenvalue weighted by molar-refractivity contribution is -0.119. The number of aliphatic hydroxyl groups excluding tert-OH is 1. The van der Waals surface area contributed by atoms with Crippen molar-refractivity contribution in [2.45, 2.75) is 26.3 Å². The highest BCUT2D eigenvalue weighted by molar-refractivity contribution is 6.30. The van der Waals surface area contributed by atoms with E-state index in [4.69, 9.17) is 21.1 Å². The average Bonchev–Trinajstić information content (AvgIpc) is 3.61. The van der Waals surface area contributed by atoms with Crippen LogP contribution in [0.2, 0.25) is 5.02 Å². The Labute approximate surface area is 232 Å². The lowest BCUT2D eigenvalue weighted by atomic mass is 10.0. The molecule has 202 valence electrons. The zero-order valence-corrected chi connectivity index (χ0v) is 22.8. The van der Waals surface area contributed by atoms with Gasteiger partial charge in [0.25, 0.3) is 5.91 Å². The summed E-state index contributed by atoms with van der Waals surface area (Å²) in [6.45, 7) is 4.57. The van der Waals surface area contributed by atoms with E-state index in [0.29, 0.717) is 40.0 Å². The summed E-state index contributed by atoms with van der Waals surface area (Å²) in [5.41, 5.74) is 6.32. The van der Waals surface area contributed by atoms with Gasteiger partial charge in [-0.05, 0) is 61.2 Å². The van der Waals surface area contributed by atoms with E-state index in [0.717, 1.165) is 17.7 Å². The fourth-order valence-corrected chi connectivity index (χ4v) is 5.16. The van der Waals surface area contributed by atoms with Crippen LogP contribution < -0.4 is 19.7 Å². The lowest BCUT2D eigenvalue weighted by Gasteiger charge is -2.28. The number of nitrogens with one attached hydrogen (secondary N) is 1. The van der Waals surface area contributed by atoms with Gasteiger partial charge in [0.1, 0.15) is 36.8 Å². The Hall–Kier alpha value is -4.08. The molecule has 1 aromatic heterocycles. The molecule has 39 heavy (non-hydrogen) atoms. The highest BCUT2D eigenvalue weighted by Crippen LogP contribution is 2.38. The number of fused-ring (bicyclic) bond motifs is 1. The SMILES string of the molecule is COc1cc(NC(C(=O)N2CCc3c(C)cc(C)cc32)c2ccc(Cl)cc2OCCO)cc(-n2cncn2)c1. The van der Waals surface area contributed by atoms with E-state index in [1.54, 1.807) is 36.3 Å². The third-order valence-electron chi connectivity index (χ3n) is 6.74. The summed E-state index contributed by atoms with van der Waals surface area (Å²) in [4.78, 5) is 20.2. The molecule has 1 unspecified atom stereocenters. The van der Waals surface area contributed by atoms with E-state index < -0.39 is 6.04 Å². The van der Waals surface area contributed by atoms with Gasteiger partial charge >= 0.3 is 0 Å². The minimum absolute atomic E-state index is 0.0643. The molecule has 3 aromatic carbocycles. The summed E-state index contributed by atoms with van der Waals surface area (Å²) >= 11 is 6.30. The number of methoxy groups -OCH3 is 1. The largest absolute Gasteiger partial charge is 0.497 e. The predicted octanol–water partition coefficient (Wildman–Crippen LogP) is 4.66. The van der Waals surface area contributed by atoms with Crippen molar-refractivity contribution in [3.8, 4) is 17.2 Å². The van der Waals surface area contributed by atoms with Gasteiger partial charge in [-0.2, -0.15) is 5.10 Å². The molecule has 9 nitrogen and oxygen atoms in total. The molecule has 0 aliphatic carbocycles. The first-order valence-electron chi connectivity index (χ1n) is 12.6. The van der Waals surface area contributed by atoms with E-state index in [2.05, 4.69) is 34.5 Å². The fraction of sp³-hybridized carbons (Fsp3) is 0.276. The molecule has 0 spiro atoms. The summed E-state index contributed by atoms with van der Waals surface area (Å²) in [5, 5.41) is 17.5. The first kappa shape index (κ1) is 26.5. The van der Waals surface area contributed by atoms with Gasteiger partial charge in [-0.15, -0.1) is 0 Å². The van der Waals surface area contributed by atoms with E-state index in [1.165, 1.54) is 17.5 Å². The molecule has 0 saturated carbocycles. The van der Waals surface area contributed by atoms with Gasteiger partial charge in [0.15, 0.2) is 0 Å². The topological polar surface area (TPSA) is 102 Å². The number of aromatic nitrogens is 3. The van der Waals surface area contributed by atoms with Gasteiger partial charge in [-0.1, -0.05) is 23.7 Å². The molecule has 0 radical (unpaired) electrons. The number of benzene rings is 3. The fourth-order valence-electron chi connectivity index (χ4n) is 4.99. The second kappa shape index (κ2) is 11.3. The smallest absolute Gasteiger partial charge is 0.254 e. The van der Waals surface area contributed by atoms with Crippen molar-refractivity contribution < 1.29 is 19.4 Å². The van der Waals surface area contributed by atoms with Gasteiger partial charge in [0, 0.05) is 40.6 Å². The summed E-state index contributed by atoms with van der Waals surface area (Å²) in [6.07, 6.45) is 3.82. The van der Waals surface area contributed by atoms with Crippen molar-refractivity contribution in [2.75, 3.05) is 37.1 Å². The first-order chi connectivity index (χ1) is 18.9. The second-order valence-corrected chi connectivity index (χ2v) is 9.85. The predicted molar refractivity (Wildman–Crippen MR) is 150 cm³/mol. The lowest BCUT2D eigenvalue weighted by Crippen LogP contribution is -2.37. The molecule has 1 atom stereocenters. The number of hydrogen-bond donors (Lipinski definition) is 2. The minimum atomic E-state index is -0.835. The number of carbonyl (C=O) groups is 1. The Morgan fingerprint density at radius 1 is 1.18 bits per heavy atom. The van der Waals surface area contributed by atoms with Crippen LogP contribution in [-0.2, 0) is 11.2 Å². The maximum atomic E-state index is 14.4. The van der Waals surface area contributed by atoms with Crippen LogP contribution in [-0.4, -0.2) is 52.6 Å². The summed E-state index contributed by atoms with van der Waals surface area (Å²) in [7, 11) is 1.58. The molecule has 10 heteroatoms. The van der Waals surface area contributed by atoms with E-state index in [-0.39, 0.29) is 19.1 Å². The summed E-state index contributed by atoms with van der Waals surface area (Å²) in [5.74, 6) is 0.865. The second-order valence-electron chi connectivity index (χ2n) is 9.41. The Kier molecular flexibility index (Phi) is 7.72. The number of aliphatic hydroxyl groups is 1. The van der Waals surface area contributed by atoms with Crippen molar-refractivity contribution >= 4 is 28.9 Å². The van der Waals surface area contributed by atoms with Gasteiger partial charge in [0.05, 0.1) is 19.4 Å². The third kappa shape index (κ3) is 5.55. The Balaban J connectivity index is 1.60. The number of nitrogens with zero attached hydrogens (tertiary/aromatic N) is 4. The number of halogens is 1. The Morgan fingerprint density at radius 3 is 2.77 bits per heavy atom. The van der Waals surface area contributed by atoms with Crippen molar-refractivity contribution in [1.29, 1.82) is 0 Å². The van der Waals surface area contributed by atoms with E-state index in [9.17, 15) is 9.90 Å². The van der Waals surface area contributed by atoms with E-state index in [1.807, 2.05) is 30.0 Å². The zero-order chi connectivity index (χ0) is 27.5. The van der Waals surface area contributed by atoms with Crippen LogP contribution >= 0.6 is 11.6 Å². The zero-order valence-electron chi connectivity index (χ0n) is 22.0. The van der Waals surface area contributed by atoms with Crippen molar-refractivity contribution in [1.82, 2.24) is 14.8 Å². The Bertz CT molecular complexity index is 1490. The number of ether oxygens (including phenoxy) is 2. The van der Waals surface area contributed by atoms with Crippen LogP contribution in [0.1, 0.15) is 28.3 Å². The molecular formula is C29H30ClN5O4. The minimum Gasteiger partial charge on any atom is -0.497 e. The molecular weight excluding hydrogens is 518 g/mol. The number of rotatable bonds is 9. The molecule has 2 N–H and O–H groups in total. The molecule has 5 rings (SSSR count). The maximum absolute atomic E-state index is 14.4. The number of amides is 1. The van der Waals surface area contributed by atoms with Crippen LogP contribution in [0.5, 0.6) is 11.5 Å². The molecule has 1 aliphatic heterocycles. The Morgan fingerprint density at radius 2 is 2.03 bits per heavy atom. The molecule has 0 saturated heterocycles. The number of anilines is 2. The van der Waals surface area contributed by atoms with Crippen molar-refractivity contribution in [3.05, 3.63) is 88.5 Å². The molecule has 0 bridgehead atoms. The number of carbonyl (C=O) groups excluding carboxylic acids is 1. The highest BCUT2D eigenvalue weighted by atomic mass is 35.5. The van der Waals surface area contributed by atoms with Gasteiger partial charge in [0.2, 0.25) is 0 Å².